The number of anilines is 2. The molecule has 0 aliphatic carbocycles. The number of phenols is 1. The van der Waals surface area contributed by atoms with Gasteiger partial charge >= 0.3 is 0 Å². The minimum atomic E-state index is -0.00650. The Labute approximate surface area is 149 Å². The van der Waals surface area contributed by atoms with Crippen LogP contribution in [0.5, 0.6) is 5.75 Å². The molecule has 6 heteroatoms. The van der Waals surface area contributed by atoms with Gasteiger partial charge in [0.25, 0.3) is 0 Å². The fraction of sp³-hybridized carbons (Fsp3) is 0.263. The number of aromatic nitrogens is 1. The Morgan fingerprint density at radius 2 is 1.96 bits per heavy atom. The van der Waals surface area contributed by atoms with Crippen molar-refractivity contribution in [3.63, 3.8) is 0 Å². The van der Waals surface area contributed by atoms with Crippen LogP contribution in [0.4, 0.5) is 10.8 Å². The van der Waals surface area contributed by atoms with Gasteiger partial charge in [-0.15, -0.1) is 0 Å². The topological polar surface area (TPSA) is 65.5 Å². The molecule has 4 rings (SSSR count). The second-order valence-corrected chi connectivity index (χ2v) is 7.27. The maximum absolute atomic E-state index is 12.4. The van der Waals surface area contributed by atoms with Crippen molar-refractivity contribution in [1.82, 2.24) is 4.98 Å². The molecule has 3 aromatic rings. The van der Waals surface area contributed by atoms with Gasteiger partial charge in [0.1, 0.15) is 5.75 Å². The third-order valence-corrected chi connectivity index (χ3v) is 5.63. The summed E-state index contributed by atoms with van der Waals surface area (Å²) in [4.78, 5) is 19.4. The van der Waals surface area contributed by atoms with Gasteiger partial charge in [-0.1, -0.05) is 29.5 Å². The van der Waals surface area contributed by atoms with E-state index in [0.717, 1.165) is 36.6 Å². The van der Waals surface area contributed by atoms with Crippen LogP contribution >= 0.6 is 11.3 Å². The maximum atomic E-state index is 12.4. The fourth-order valence-electron chi connectivity index (χ4n) is 3.16. The second kappa shape index (κ2) is 6.72. The number of thiazole rings is 1. The first-order valence-electron chi connectivity index (χ1n) is 8.39. The van der Waals surface area contributed by atoms with Gasteiger partial charge in [0.05, 0.1) is 10.2 Å². The summed E-state index contributed by atoms with van der Waals surface area (Å²) in [5.74, 6) is 0.172. The van der Waals surface area contributed by atoms with Crippen molar-refractivity contribution < 1.29 is 9.90 Å². The fourth-order valence-corrected chi connectivity index (χ4v) is 4.17. The highest BCUT2D eigenvalue weighted by Gasteiger charge is 2.26. The molecule has 1 aliphatic heterocycles. The number of amides is 1. The van der Waals surface area contributed by atoms with E-state index in [0.29, 0.717) is 5.69 Å². The molecule has 0 atom stereocenters. The molecule has 1 aromatic heterocycles. The molecule has 2 aromatic carbocycles. The number of phenolic OH excluding ortho intramolecular Hbond substituents is 1. The summed E-state index contributed by atoms with van der Waals surface area (Å²) in [5.41, 5.74) is 1.67. The molecule has 5 nitrogen and oxygen atoms in total. The number of nitrogens with zero attached hydrogens (tertiary/aromatic N) is 2. The van der Waals surface area contributed by atoms with E-state index in [1.165, 1.54) is 4.70 Å². The minimum Gasteiger partial charge on any atom is -0.508 e. The zero-order chi connectivity index (χ0) is 17.2. The molecule has 1 fully saturated rings. The second-order valence-electron chi connectivity index (χ2n) is 6.27. The van der Waals surface area contributed by atoms with Gasteiger partial charge in [-0.25, -0.2) is 4.98 Å². The first-order chi connectivity index (χ1) is 12.2. The monoisotopic (exact) mass is 353 g/mol. The largest absolute Gasteiger partial charge is 0.508 e. The highest BCUT2D eigenvalue weighted by molar-refractivity contribution is 7.22. The number of rotatable bonds is 3. The molecular weight excluding hydrogens is 334 g/mol. The average molecular weight is 353 g/mol. The van der Waals surface area contributed by atoms with Gasteiger partial charge in [0.2, 0.25) is 5.91 Å². The van der Waals surface area contributed by atoms with Crippen LogP contribution in [0.3, 0.4) is 0 Å². The third kappa shape index (κ3) is 3.44. The van der Waals surface area contributed by atoms with Gasteiger partial charge < -0.3 is 15.3 Å². The number of aromatic hydroxyl groups is 1. The summed E-state index contributed by atoms with van der Waals surface area (Å²) in [5, 5.41) is 13.4. The first-order valence-corrected chi connectivity index (χ1v) is 9.21. The summed E-state index contributed by atoms with van der Waals surface area (Å²) >= 11 is 1.70. The Bertz CT molecular complexity index is 867. The molecule has 1 saturated heterocycles. The molecule has 0 spiro atoms. The Morgan fingerprint density at radius 3 is 2.72 bits per heavy atom. The van der Waals surface area contributed by atoms with E-state index in [4.69, 9.17) is 4.98 Å². The van der Waals surface area contributed by atoms with Crippen molar-refractivity contribution >= 4 is 38.3 Å². The maximum Gasteiger partial charge on any atom is 0.227 e. The molecule has 1 aliphatic rings. The molecule has 0 radical (unpaired) electrons. The quantitative estimate of drug-likeness (QED) is 0.750. The van der Waals surface area contributed by atoms with Gasteiger partial charge in [-0.3, -0.25) is 4.79 Å². The summed E-state index contributed by atoms with van der Waals surface area (Å²) < 4.78 is 1.20. The van der Waals surface area contributed by atoms with E-state index < -0.39 is 0 Å². The Hall–Kier alpha value is -2.60. The molecule has 0 unspecified atom stereocenters. The van der Waals surface area contributed by atoms with Crippen LogP contribution in [0.15, 0.2) is 48.5 Å². The number of carbonyl (C=O) groups excluding carboxylic acids is 1. The van der Waals surface area contributed by atoms with Crippen LogP contribution in [0.1, 0.15) is 12.8 Å². The van der Waals surface area contributed by atoms with Crippen molar-refractivity contribution in [2.45, 2.75) is 12.8 Å². The first kappa shape index (κ1) is 15.9. The number of nitrogens with one attached hydrogen (secondary N) is 1. The van der Waals surface area contributed by atoms with Gasteiger partial charge in [0, 0.05) is 30.8 Å². The molecule has 2 N–H and O–H groups in total. The molecular formula is C19H19N3O2S. The van der Waals surface area contributed by atoms with Crippen molar-refractivity contribution in [2.75, 3.05) is 23.3 Å². The summed E-state index contributed by atoms with van der Waals surface area (Å²) in [6.07, 6.45) is 1.61. The van der Waals surface area contributed by atoms with E-state index in [-0.39, 0.29) is 17.6 Å². The zero-order valence-electron chi connectivity index (χ0n) is 13.7. The lowest BCUT2D eigenvalue weighted by atomic mass is 9.96. The van der Waals surface area contributed by atoms with Crippen molar-refractivity contribution in [2.24, 2.45) is 5.92 Å². The Kier molecular flexibility index (Phi) is 4.28. The molecule has 128 valence electrons. The predicted octanol–water partition coefficient (Wildman–Crippen LogP) is 3.86. The SMILES string of the molecule is O=C(Nc1cccc(O)c1)C1CCN(c2nc3ccccc3s2)CC1. The summed E-state index contributed by atoms with van der Waals surface area (Å²) in [6.45, 7) is 1.66. The van der Waals surface area contributed by atoms with Gasteiger partial charge in [-0.2, -0.15) is 0 Å². The lowest BCUT2D eigenvalue weighted by Gasteiger charge is -2.31. The number of hydrogen-bond acceptors (Lipinski definition) is 5. The highest BCUT2D eigenvalue weighted by Crippen LogP contribution is 2.31. The van der Waals surface area contributed by atoms with E-state index in [2.05, 4.69) is 16.3 Å². The van der Waals surface area contributed by atoms with Crippen molar-refractivity contribution in [3.05, 3.63) is 48.5 Å². The van der Waals surface area contributed by atoms with Gasteiger partial charge in [0.15, 0.2) is 5.13 Å². The van der Waals surface area contributed by atoms with E-state index in [1.807, 2.05) is 18.2 Å². The Balaban J connectivity index is 1.38. The smallest absolute Gasteiger partial charge is 0.227 e. The van der Waals surface area contributed by atoms with Crippen LogP contribution in [0.2, 0.25) is 0 Å². The summed E-state index contributed by atoms with van der Waals surface area (Å²) in [7, 11) is 0. The van der Waals surface area contributed by atoms with Crippen molar-refractivity contribution in [3.8, 4) is 5.75 Å². The van der Waals surface area contributed by atoms with Crippen LogP contribution in [0.25, 0.3) is 10.2 Å². The van der Waals surface area contributed by atoms with E-state index in [1.54, 1.807) is 35.6 Å². The molecule has 1 amide bonds. The number of hydrogen-bond donors (Lipinski definition) is 2. The Morgan fingerprint density at radius 1 is 1.16 bits per heavy atom. The van der Waals surface area contributed by atoms with Crippen molar-refractivity contribution in [1.29, 1.82) is 0 Å². The standard InChI is InChI=1S/C19H19N3O2S/c23-15-5-3-4-14(12-15)20-18(24)13-8-10-22(11-9-13)19-21-16-6-1-2-7-17(16)25-19/h1-7,12-13,23H,8-11H2,(H,20,24). The van der Waals surface area contributed by atoms with Gasteiger partial charge in [-0.05, 0) is 37.1 Å². The molecule has 0 bridgehead atoms. The highest BCUT2D eigenvalue weighted by atomic mass is 32.1. The van der Waals surface area contributed by atoms with Crippen LogP contribution < -0.4 is 10.2 Å². The normalized spacial score (nSPS) is 15.4. The number of benzene rings is 2. The average Bonchev–Trinajstić information content (AvgIpc) is 3.06. The van der Waals surface area contributed by atoms with E-state index >= 15 is 0 Å². The third-order valence-electron chi connectivity index (χ3n) is 4.53. The minimum absolute atomic E-state index is 0.00650. The lowest BCUT2D eigenvalue weighted by Crippen LogP contribution is -2.38. The number of fused-ring (bicyclic) bond motifs is 1. The number of para-hydroxylation sites is 1. The van der Waals surface area contributed by atoms with Crippen LogP contribution in [-0.2, 0) is 4.79 Å². The molecule has 0 saturated carbocycles. The molecule has 2 heterocycles. The van der Waals surface area contributed by atoms with E-state index in [9.17, 15) is 9.90 Å². The lowest BCUT2D eigenvalue weighted by molar-refractivity contribution is -0.120. The number of carbonyl (C=O) groups is 1. The predicted molar refractivity (Wildman–Crippen MR) is 101 cm³/mol. The zero-order valence-corrected chi connectivity index (χ0v) is 14.5. The van der Waals surface area contributed by atoms with Crippen LogP contribution in [0, 0.1) is 5.92 Å². The summed E-state index contributed by atoms with van der Waals surface area (Å²) in [6, 6.07) is 14.8. The molecule has 25 heavy (non-hydrogen) atoms. The number of piperidine rings is 1. The van der Waals surface area contributed by atoms with Crippen LogP contribution in [-0.4, -0.2) is 29.1 Å².